The number of hydrogen-bond acceptors (Lipinski definition) is 1. The molecule has 0 amide bonds. The summed E-state index contributed by atoms with van der Waals surface area (Å²) in [6.45, 7) is 6.21. The van der Waals surface area contributed by atoms with Crippen LogP contribution < -0.4 is 5.32 Å². The van der Waals surface area contributed by atoms with Gasteiger partial charge in [-0.1, -0.05) is 13.8 Å². The van der Waals surface area contributed by atoms with Crippen LogP contribution in [0, 0.1) is 23.4 Å². The molecule has 1 aromatic rings. The van der Waals surface area contributed by atoms with Crippen LogP contribution in [-0.4, -0.2) is 6.04 Å². The summed E-state index contributed by atoms with van der Waals surface area (Å²) in [6.07, 6.45) is 0. The van der Waals surface area contributed by atoms with Gasteiger partial charge in [0, 0.05) is 24.2 Å². The molecule has 0 saturated heterocycles. The molecule has 1 unspecified atom stereocenters. The lowest BCUT2D eigenvalue weighted by atomic mass is 10.1. The summed E-state index contributed by atoms with van der Waals surface area (Å²) >= 11 is 0. The lowest BCUT2D eigenvalue weighted by molar-refractivity contribution is 0.418. The van der Waals surface area contributed by atoms with Crippen LogP contribution in [0.3, 0.4) is 0 Å². The summed E-state index contributed by atoms with van der Waals surface area (Å²) in [5.41, 5.74) is 0.145. The molecule has 0 bridgehead atoms. The van der Waals surface area contributed by atoms with Crippen molar-refractivity contribution in [1.82, 2.24) is 5.32 Å². The SMILES string of the molecule is CC(C)C(C)NCc1cc(F)c(F)cc1F. The zero-order valence-corrected chi connectivity index (χ0v) is 9.65. The van der Waals surface area contributed by atoms with Crippen molar-refractivity contribution in [2.75, 3.05) is 0 Å². The maximum absolute atomic E-state index is 13.2. The molecule has 1 rings (SSSR count). The third-order valence-corrected chi connectivity index (χ3v) is 2.70. The van der Waals surface area contributed by atoms with Gasteiger partial charge in [-0.25, -0.2) is 13.2 Å². The fraction of sp³-hybridized carbons (Fsp3) is 0.500. The first-order chi connectivity index (χ1) is 7.41. The number of halogens is 3. The van der Waals surface area contributed by atoms with Crippen molar-refractivity contribution in [2.45, 2.75) is 33.4 Å². The minimum atomic E-state index is -1.15. The van der Waals surface area contributed by atoms with Crippen molar-refractivity contribution in [3.63, 3.8) is 0 Å². The smallest absolute Gasteiger partial charge is 0.161 e. The van der Waals surface area contributed by atoms with E-state index < -0.39 is 17.5 Å². The molecule has 0 aromatic heterocycles. The predicted octanol–water partition coefficient (Wildman–Crippen LogP) is 3.24. The van der Waals surface area contributed by atoms with E-state index in [9.17, 15) is 13.2 Å². The van der Waals surface area contributed by atoms with Gasteiger partial charge in [0.25, 0.3) is 0 Å². The van der Waals surface area contributed by atoms with E-state index in [0.29, 0.717) is 12.0 Å². The van der Waals surface area contributed by atoms with Crippen LogP contribution in [0.25, 0.3) is 0 Å². The Bertz CT molecular complexity index is 364. The van der Waals surface area contributed by atoms with Gasteiger partial charge in [0.15, 0.2) is 11.6 Å². The Hall–Kier alpha value is -1.03. The molecule has 1 atom stereocenters. The third kappa shape index (κ3) is 3.23. The van der Waals surface area contributed by atoms with Crippen LogP contribution in [0.5, 0.6) is 0 Å². The highest BCUT2D eigenvalue weighted by atomic mass is 19.2. The van der Waals surface area contributed by atoms with Gasteiger partial charge < -0.3 is 5.32 Å². The van der Waals surface area contributed by atoms with Crippen molar-refractivity contribution in [3.8, 4) is 0 Å². The molecular formula is C12H16F3N. The maximum atomic E-state index is 13.2. The molecule has 0 aliphatic carbocycles. The summed E-state index contributed by atoms with van der Waals surface area (Å²) < 4.78 is 38.8. The fourth-order valence-corrected chi connectivity index (χ4v) is 1.21. The van der Waals surface area contributed by atoms with Crippen LogP contribution in [0.4, 0.5) is 13.2 Å². The summed E-state index contributed by atoms with van der Waals surface area (Å²) in [5, 5.41) is 3.06. The van der Waals surface area contributed by atoms with E-state index in [1.165, 1.54) is 0 Å². The second-order valence-electron chi connectivity index (χ2n) is 4.27. The Morgan fingerprint density at radius 2 is 1.56 bits per heavy atom. The lowest BCUT2D eigenvalue weighted by Crippen LogP contribution is -2.30. The van der Waals surface area contributed by atoms with Crippen LogP contribution >= 0.6 is 0 Å². The number of benzene rings is 1. The monoisotopic (exact) mass is 231 g/mol. The summed E-state index contributed by atoms with van der Waals surface area (Å²) in [4.78, 5) is 0. The molecule has 1 N–H and O–H groups in total. The normalized spacial score (nSPS) is 13.2. The van der Waals surface area contributed by atoms with Crippen molar-refractivity contribution in [2.24, 2.45) is 5.92 Å². The van der Waals surface area contributed by atoms with Gasteiger partial charge in [-0.3, -0.25) is 0 Å². The quantitative estimate of drug-likeness (QED) is 0.784. The Kier molecular flexibility index (Phi) is 4.35. The first-order valence-corrected chi connectivity index (χ1v) is 5.28. The van der Waals surface area contributed by atoms with Gasteiger partial charge in [-0.2, -0.15) is 0 Å². The highest BCUT2D eigenvalue weighted by Crippen LogP contribution is 2.14. The maximum Gasteiger partial charge on any atom is 0.161 e. The Balaban J connectivity index is 2.71. The number of rotatable bonds is 4. The van der Waals surface area contributed by atoms with E-state index in [4.69, 9.17) is 0 Å². The second-order valence-corrected chi connectivity index (χ2v) is 4.27. The van der Waals surface area contributed by atoms with E-state index >= 15 is 0 Å². The minimum absolute atomic E-state index is 0.145. The topological polar surface area (TPSA) is 12.0 Å². The Morgan fingerprint density at radius 3 is 2.12 bits per heavy atom. The van der Waals surface area contributed by atoms with Gasteiger partial charge in [-0.15, -0.1) is 0 Å². The molecule has 1 aromatic carbocycles. The summed E-state index contributed by atoms with van der Waals surface area (Å²) in [5.74, 6) is -2.50. The summed E-state index contributed by atoms with van der Waals surface area (Å²) in [7, 11) is 0. The van der Waals surface area contributed by atoms with Crippen molar-refractivity contribution in [3.05, 3.63) is 35.1 Å². The van der Waals surface area contributed by atoms with E-state index in [-0.39, 0.29) is 18.2 Å². The molecule has 0 heterocycles. The molecule has 4 heteroatoms. The van der Waals surface area contributed by atoms with Crippen LogP contribution in [0.1, 0.15) is 26.3 Å². The van der Waals surface area contributed by atoms with Gasteiger partial charge >= 0.3 is 0 Å². The zero-order chi connectivity index (χ0) is 12.3. The first-order valence-electron chi connectivity index (χ1n) is 5.28. The van der Waals surface area contributed by atoms with E-state index in [0.717, 1.165) is 6.07 Å². The van der Waals surface area contributed by atoms with Crippen LogP contribution in [0.2, 0.25) is 0 Å². The average Bonchev–Trinajstić information content (AvgIpc) is 2.20. The summed E-state index contributed by atoms with van der Waals surface area (Å²) in [6, 6.07) is 1.66. The molecule has 0 saturated carbocycles. The van der Waals surface area contributed by atoms with Crippen LogP contribution in [0.15, 0.2) is 12.1 Å². The molecule has 0 spiro atoms. The van der Waals surface area contributed by atoms with E-state index in [1.54, 1.807) is 0 Å². The highest BCUT2D eigenvalue weighted by molar-refractivity contribution is 5.19. The zero-order valence-electron chi connectivity index (χ0n) is 9.65. The fourth-order valence-electron chi connectivity index (χ4n) is 1.21. The van der Waals surface area contributed by atoms with Gasteiger partial charge in [-0.05, 0) is 18.9 Å². The predicted molar refractivity (Wildman–Crippen MR) is 57.5 cm³/mol. The molecule has 0 aliphatic heterocycles. The highest BCUT2D eigenvalue weighted by Gasteiger charge is 2.11. The van der Waals surface area contributed by atoms with Crippen molar-refractivity contribution < 1.29 is 13.2 Å². The molecule has 90 valence electrons. The molecule has 1 nitrogen and oxygen atoms in total. The Labute approximate surface area is 93.7 Å². The standard InChI is InChI=1S/C12H16F3N/c1-7(2)8(3)16-6-9-4-11(14)12(15)5-10(9)13/h4-5,7-8,16H,6H2,1-3H3. The number of hydrogen-bond donors (Lipinski definition) is 1. The average molecular weight is 231 g/mol. The molecule has 0 fully saturated rings. The van der Waals surface area contributed by atoms with Crippen LogP contribution in [-0.2, 0) is 6.54 Å². The van der Waals surface area contributed by atoms with E-state index in [2.05, 4.69) is 5.32 Å². The molecule has 16 heavy (non-hydrogen) atoms. The van der Waals surface area contributed by atoms with Crippen molar-refractivity contribution >= 4 is 0 Å². The second kappa shape index (κ2) is 5.34. The third-order valence-electron chi connectivity index (χ3n) is 2.70. The Morgan fingerprint density at radius 1 is 1.00 bits per heavy atom. The number of nitrogens with one attached hydrogen (secondary N) is 1. The van der Waals surface area contributed by atoms with Gasteiger partial charge in [0.2, 0.25) is 0 Å². The van der Waals surface area contributed by atoms with Gasteiger partial charge in [0.1, 0.15) is 5.82 Å². The minimum Gasteiger partial charge on any atom is -0.310 e. The molecule has 0 radical (unpaired) electrons. The molecular weight excluding hydrogens is 215 g/mol. The van der Waals surface area contributed by atoms with Gasteiger partial charge in [0.05, 0.1) is 0 Å². The first kappa shape index (κ1) is 13.0. The van der Waals surface area contributed by atoms with E-state index in [1.807, 2.05) is 20.8 Å². The largest absolute Gasteiger partial charge is 0.310 e. The van der Waals surface area contributed by atoms with Crippen molar-refractivity contribution in [1.29, 1.82) is 0 Å². The lowest BCUT2D eigenvalue weighted by Gasteiger charge is -2.17. The molecule has 0 aliphatic rings.